The fourth-order valence-corrected chi connectivity index (χ4v) is 2.96. The zero-order valence-electron chi connectivity index (χ0n) is 13.2. The van der Waals surface area contributed by atoms with E-state index in [9.17, 15) is 9.59 Å². The molecule has 3 rings (SSSR count). The van der Waals surface area contributed by atoms with Crippen LogP contribution in [0, 0.1) is 0 Å². The zero-order chi connectivity index (χ0) is 16.2. The third-order valence-corrected chi connectivity index (χ3v) is 4.26. The second-order valence-corrected chi connectivity index (χ2v) is 5.89. The van der Waals surface area contributed by atoms with Gasteiger partial charge in [-0.3, -0.25) is 9.59 Å². The molecule has 2 aromatic rings. The van der Waals surface area contributed by atoms with Crippen molar-refractivity contribution in [1.82, 2.24) is 10.2 Å². The van der Waals surface area contributed by atoms with Crippen LogP contribution in [0.3, 0.4) is 0 Å². The minimum Gasteiger partial charge on any atom is -0.343 e. The van der Waals surface area contributed by atoms with Gasteiger partial charge in [0.25, 0.3) is 5.91 Å². The van der Waals surface area contributed by atoms with Gasteiger partial charge in [-0.25, -0.2) is 0 Å². The quantitative estimate of drug-likeness (QED) is 0.946. The van der Waals surface area contributed by atoms with Crippen molar-refractivity contribution in [2.45, 2.75) is 25.9 Å². The van der Waals surface area contributed by atoms with Crippen molar-refractivity contribution in [3.63, 3.8) is 0 Å². The molecule has 1 aliphatic heterocycles. The van der Waals surface area contributed by atoms with Crippen molar-refractivity contribution in [3.05, 3.63) is 71.3 Å². The summed E-state index contributed by atoms with van der Waals surface area (Å²) in [7, 11) is 0. The van der Waals surface area contributed by atoms with Crippen LogP contribution < -0.4 is 5.32 Å². The normalized spacial score (nSPS) is 16.6. The molecular formula is C19H20N2O2. The maximum absolute atomic E-state index is 12.5. The second-order valence-electron chi connectivity index (χ2n) is 5.89. The fourth-order valence-electron chi connectivity index (χ4n) is 2.96. The van der Waals surface area contributed by atoms with E-state index < -0.39 is 0 Å². The number of rotatable bonds is 3. The van der Waals surface area contributed by atoms with Crippen molar-refractivity contribution in [2.24, 2.45) is 0 Å². The molecule has 23 heavy (non-hydrogen) atoms. The summed E-state index contributed by atoms with van der Waals surface area (Å²) in [5.74, 6) is -0.264. The number of hydrogen-bond acceptors (Lipinski definition) is 2. The average molecular weight is 308 g/mol. The van der Waals surface area contributed by atoms with E-state index in [1.807, 2.05) is 30.0 Å². The molecule has 0 spiro atoms. The van der Waals surface area contributed by atoms with Crippen LogP contribution in [0.4, 0.5) is 0 Å². The SMILES string of the molecule is CC1Cc2ccccc2CN1C(=O)CNC(=O)c1ccccc1. The number of amides is 2. The largest absolute Gasteiger partial charge is 0.343 e. The van der Waals surface area contributed by atoms with E-state index in [0.29, 0.717) is 12.1 Å². The smallest absolute Gasteiger partial charge is 0.251 e. The third-order valence-electron chi connectivity index (χ3n) is 4.26. The van der Waals surface area contributed by atoms with Gasteiger partial charge < -0.3 is 10.2 Å². The highest BCUT2D eigenvalue weighted by molar-refractivity contribution is 5.96. The number of hydrogen-bond donors (Lipinski definition) is 1. The summed E-state index contributed by atoms with van der Waals surface area (Å²) in [6.45, 7) is 2.68. The van der Waals surface area contributed by atoms with Crippen LogP contribution >= 0.6 is 0 Å². The van der Waals surface area contributed by atoms with Crippen molar-refractivity contribution in [3.8, 4) is 0 Å². The number of carbonyl (C=O) groups excluding carboxylic acids is 2. The van der Waals surface area contributed by atoms with Gasteiger partial charge in [0.2, 0.25) is 5.91 Å². The van der Waals surface area contributed by atoms with E-state index in [1.165, 1.54) is 11.1 Å². The van der Waals surface area contributed by atoms with Crippen molar-refractivity contribution in [2.75, 3.05) is 6.54 Å². The van der Waals surface area contributed by atoms with Gasteiger partial charge in [0.1, 0.15) is 0 Å². The molecule has 4 heteroatoms. The first-order valence-electron chi connectivity index (χ1n) is 7.84. The highest BCUT2D eigenvalue weighted by atomic mass is 16.2. The lowest BCUT2D eigenvalue weighted by atomic mass is 9.95. The minimum atomic E-state index is -0.219. The van der Waals surface area contributed by atoms with Crippen LogP contribution in [0.15, 0.2) is 54.6 Å². The Balaban J connectivity index is 1.62. The molecule has 0 saturated carbocycles. The van der Waals surface area contributed by atoms with E-state index in [1.54, 1.807) is 24.3 Å². The molecule has 1 unspecified atom stereocenters. The molecule has 0 radical (unpaired) electrons. The fraction of sp³-hybridized carbons (Fsp3) is 0.263. The van der Waals surface area contributed by atoms with Gasteiger partial charge in [-0.2, -0.15) is 0 Å². The molecule has 0 aliphatic carbocycles. The van der Waals surface area contributed by atoms with Crippen molar-refractivity contribution in [1.29, 1.82) is 0 Å². The van der Waals surface area contributed by atoms with Crippen LogP contribution in [0.1, 0.15) is 28.4 Å². The Hall–Kier alpha value is -2.62. The molecule has 1 atom stereocenters. The van der Waals surface area contributed by atoms with Gasteiger partial charge in [-0.15, -0.1) is 0 Å². The Labute approximate surface area is 136 Å². The molecule has 2 amide bonds. The van der Waals surface area contributed by atoms with E-state index in [2.05, 4.69) is 17.4 Å². The minimum absolute atomic E-state index is 0.0280. The Morgan fingerprint density at radius 2 is 1.70 bits per heavy atom. The predicted molar refractivity (Wildman–Crippen MR) is 88.9 cm³/mol. The number of benzene rings is 2. The average Bonchev–Trinajstić information content (AvgIpc) is 2.59. The first-order chi connectivity index (χ1) is 11.1. The molecule has 1 heterocycles. The summed E-state index contributed by atoms with van der Waals surface area (Å²) in [6, 6.07) is 17.3. The summed E-state index contributed by atoms with van der Waals surface area (Å²) in [5, 5.41) is 2.71. The molecule has 1 N–H and O–H groups in total. The van der Waals surface area contributed by atoms with Crippen molar-refractivity contribution >= 4 is 11.8 Å². The predicted octanol–water partition coefficient (Wildman–Crippen LogP) is 2.39. The van der Waals surface area contributed by atoms with Crippen LogP contribution in [0.5, 0.6) is 0 Å². The van der Waals surface area contributed by atoms with E-state index in [-0.39, 0.29) is 24.4 Å². The van der Waals surface area contributed by atoms with Gasteiger partial charge in [0.15, 0.2) is 0 Å². The van der Waals surface area contributed by atoms with E-state index in [4.69, 9.17) is 0 Å². The Bertz CT molecular complexity index is 712. The highest BCUT2D eigenvalue weighted by Crippen LogP contribution is 2.22. The molecule has 2 aromatic carbocycles. The van der Waals surface area contributed by atoms with E-state index >= 15 is 0 Å². The topological polar surface area (TPSA) is 49.4 Å². The molecule has 118 valence electrons. The summed E-state index contributed by atoms with van der Waals surface area (Å²) in [5.41, 5.74) is 3.06. The van der Waals surface area contributed by atoms with Crippen LogP contribution in [0.2, 0.25) is 0 Å². The Kier molecular flexibility index (Phi) is 4.42. The lowest BCUT2D eigenvalue weighted by molar-refractivity contribution is -0.133. The molecule has 4 nitrogen and oxygen atoms in total. The van der Waals surface area contributed by atoms with Gasteiger partial charge in [0, 0.05) is 18.2 Å². The monoisotopic (exact) mass is 308 g/mol. The number of carbonyl (C=O) groups is 2. The first kappa shape index (κ1) is 15.3. The molecule has 0 bridgehead atoms. The maximum Gasteiger partial charge on any atom is 0.251 e. The number of nitrogens with zero attached hydrogens (tertiary/aromatic N) is 1. The number of nitrogens with one attached hydrogen (secondary N) is 1. The molecular weight excluding hydrogens is 288 g/mol. The summed E-state index contributed by atoms with van der Waals surface area (Å²) in [4.78, 5) is 26.3. The standard InChI is InChI=1S/C19H20N2O2/c1-14-11-16-9-5-6-10-17(16)13-21(14)18(22)12-20-19(23)15-7-3-2-4-8-15/h2-10,14H,11-13H2,1H3,(H,20,23). The lowest BCUT2D eigenvalue weighted by Crippen LogP contribution is -2.47. The maximum atomic E-state index is 12.5. The van der Waals surface area contributed by atoms with Crippen molar-refractivity contribution < 1.29 is 9.59 Å². The Morgan fingerprint density at radius 1 is 1.04 bits per heavy atom. The van der Waals surface area contributed by atoms with E-state index in [0.717, 1.165) is 6.42 Å². The molecule has 0 aromatic heterocycles. The number of fused-ring (bicyclic) bond motifs is 1. The first-order valence-corrected chi connectivity index (χ1v) is 7.84. The van der Waals surface area contributed by atoms with Crippen LogP contribution in [-0.2, 0) is 17.8 Å². The van der Waals surface area contributed by atoms with Crippen LogP contribution in [-0.4, -0.2) is 29.3 Å². The highest BCUT2D eigenvalue weighted by Gasteiger charge is 2.26. The molecule has 1 aliphatic rings. The Morgan fingerprint density at radius 3 is 2.43 bits per heavy atom. The molecule has 0 fully saturated rings. The van der Waals surface area contributed by atoms with Gasteiger partial charge in [0.05, 0.1) is 6.54 Å². The van der Waals surface area contributed by atoms with Gasteiger partial charge in [-0.1, -0.05) is 42.5 Å². The van der Waals surface area contributed by atoms with Gasteiger partial charge in [-0.05, 0) is 36.6 Å². The summed E-state index contributed by atoms with van der Waals surface area (Å²) >= 11 is 0. The summed E-state index contributed by atoms with van der Waals surface area (Å²) < 4.78 is 0. The van der Waals surface area contributed by atoms with Gasteiger partial charge >= 0.3 is 0 Å². The zero-order valence-corrected chi connectivity index (χ0v) is 13.2. The summed E-state index contributed by atoms with van der Waals surface area (Å²) in [6.07, 6.45) is 0.856. The van der Waals surface area contributed by atoms with Crippen LogP contribution in [0.25, 0.3) is 0 Å². The molecule has 0 saturated heterocycles. The lowest BCUT2D eigenvalue weighted by Gasteiger charge is -2.35. The second kappa shape index (κ2) is 6.65. The third kappa shape index (κ3) is 3.42.